The molecule has 0 radical (unpaired) electrons. The second-order valence-corrected chi connectivity index (χ2v) is 3.75. The molecule has 1 rings (SSSR count). The molecule has 1 aromatic rings. The lowest BCUT2D eigenvalue weighted by molar-refractivity contribution is 0.282. The van der Waals surface area contributed by atoms with Gasteiger partial charge in [0.25, 0.3) is 0 Å². The standard InChI is InChI=1S/C10H15ClN2O/c1-7-3-4-9(11)10(12-7)13-8(2)5-6-14/h3-4,8,14H,5-6H2,1-2H3,(H,12,13)/t8-/m0/s1. The summed E-state index contributed by atoms with van der Waals surface area (Å²) in [6.45, 7) is 4.06. The molecule has 0 unspecified atom stereocenters. The Hall–Kier alpha value is -0.800. The Labute approximate surface area is 89.1 Å². The second-order valence-electron chi connectivity index (χ2n) is 3.34. The van der Waals surface area contributed by atoms with E-state index in [0.717, 1.165) is 5.69 Å². The van der Waals surface area contributed by atoms with Crippen LogP contribution < -0.4 is 5.32 Å². The van der Waals surface area contributed by atoms with Crippen molar-refractivity contribution >= 4 is 17.4 Å². The Morgan fingerprint density at radius 2 is 2.29 bits per heavy atom. The first-order chi connectivity index (χ1) is 6.63. The van der Waals surface area contributed by atoms with Gasteiger partial charge in [-0.15, -0.1) is 0 Å². The number of anilines is 1. The van der Waals surface area contributed by atoms with Gasteiger partial charge in [0.1, 0.15) is 5.82 Å². The van der Waals surface area contributed by atoms with Crippen LogP contribution in [0, 0.1) is 6.92 Å². The largest absolute Gasteiger partial charge is 0.396 e. The van der Waals surface area contributed by atoms with Crippen molar-refractivity contribution in [1.29, 1.82) is 0 Å². The van der Waals surface area contributed by atoms with E-state index in [-0.39, 0.29) is 12.6 Å². The Balaban J connectivity index is 2.70. The predicted octanol–water partition coefficient (Wildman–Crippen LogP) is 2.23. The van der Waals surface area contributed by atoms with Crippen LogP contribution in [0.4, 0.5) is 5.82 Å². The lowest BCUT2D eigenvalue weighted by Crippen LogP contribution is -2.17. The fraction of sp³-hybridized carbons (Fsp3) is 0.500. The van der Waals surface area contributed by atoms with E-state index in [9.17, 15) is 0 Å². The highest BCUT2D eigenvalue weighted by Gasteiger charge is 2.05. The molecule has 1 atom stereocenters. The minimum atomic E-state index is 0.164. The molecule has 0 aliphatic rings. The highest BCUT2D eigenvalue weighted by atomic mass is 35.5. The molecule has 4 heteroatoms. The maximum absolute atomic E-state index is 8.75. The zero-order valence-electron chi connectivity index (χ0n) is 8.42. The molecule has 0 aliphatic heterocycles. The van der Waals surface area contributed by atoms with E-state index in [4.69, 9.17) is 16.7 Å². The van der Waals surface area contributed by atoms with E-state index in [0.29, 0.717) is 17.3 Å². The molecule has 1 heterocycles. The van der Waals surface area contributed by atoms with Crippen LogP contribution in [0.25, 0.3) is 0 Å². The molecule has 14 heavy (non-hydrogen) atoms. The first-order valence-electron chi connectivity index (χ1n) is 4.64. The predicted molar refractivity (Wildman–Crippen MR) is 58.8 cm³/mol. The average Bonchev–Trinajstić information content (AvgIpc) is 2.12. The molecule has 0 fully saturated rings. The monoisotopic (exact) mass is 214 g/mol. The Kier molecular flexibility index (Phi) is 4.17. The lowest BCUT2D eigenvalue weighted by atomic mass is 10.2. The van der Waals surface area contributed by atoms with E-state index in [1.165, 1.54) is 0 Å². The molecular formula is C10H15ClN2O. The number of halogens is 1. The number of hydrogen-bond donors (Lipinski definition) is 2. The van der Waals surface area contributed by atoms with Gasteiger partial charge in [-0.2, -0.15) is 0 Å². The van der Waals surface area contributed by atoms with Crippen molar-refractivity contribution in [2.24, 2.45) is 0 Å². The molecular weight excluding hydrogens is 200 g/mol. The van der Waals surface area contributed by atoms with E-state index in [2.05, 4.69) is 10.3 Å². The molecule has 0 amide bonds. The van der Waals surface area contributed by atoms with Gasteiger partial charge in [-0.25, -0.2) is 4.98 Å². The lowest BCUT2D eigenvalue weighted by Gasteiger charge is -2.14. The molecule has 0 bridgehead atoms. The van der Waals surface area contributed by atoms with E-state index in [1.54, 1.807) is 0 Å². The fourth-order valence-corrected chi connectivity index (χ4v) is 1.30. The Morgan fingerprint density at radius 3 is 2.93 bits per heavy atom. The topological polar surface area (TPSA) is 45.1 Å². The van der Waals surface area contributed by atoms with Crippen molar-refractivity contribution in [3.63, 3.8) is 0 Å². The summed E-state index contributed by atoms with van der Waals surface area (Å²) in [5.74, 6) is 0.688. The van der Waals surface area contributed by atoms with Crippen LogP contribution in [0.1, 0.15) is 19.0 Å². The number of hydrogen-bond acceptors (Lipinski definition) is 3. The Bertz CT molecular complexity index is 304. The van der Waals surface area contributed by atoms with Crippen LogP contribution >= 0.6 is 11.6 Å². The smallest absolute Gasteiger partial charge is 0.145 e. The summed E-state index contributed by atoms with van der Waals surface area (Å²) >= 11 is 5.95. The number of aryl methyl sites for hydroxylation is 1. The van der Waals surface area contributed by atoms with Crippen molar-refractivity contribution in [1.82, 2.24) is 4.98 Å². The maximum atomic E-state index is 8.75. The zero-order chi connectivity index (χ0) is 10.6. The summed E-state index contributed by atoms with van der Waals surface area (Å²) in [6, 6.07) is 3.86. The van der Waals surface area contributed by atoms with Gasteiger partial charge < -0.3 is 10.4 Å². The first-order valence-corrected chi connectivity index (χ1v) is 5.02. The molecule has 3 nitrogen and oxygen atoms in total. The third-order valence-electron chi connectivity index (χ3n) is 1.93. The summed E-state index contributed by atoms with van der Waals surface area (Å²) in [5.41, 5.74) is 0.924. The number of aliphatic hydroxyl groups excluding tert-OH is 1. The number of aliphatic hydroxyl groups is 1. The highest BCUT2D eigenvalue weighted by Crippen LogP contribution is 2.20. The van der Waals surface area contributed by atoms with Gasteiger partial charge in [-0.3, -0.25) is 0 Å². The maximum Gasteiger partial charge on any atom is 0.145 e. The van der Waals surface area contributed by atoms with Crippen LogP contribution in [0.15, 0.2) is 12.1 Å². The van der Waals surface area contributed by atoms with E-state index < -0.39 is 0 Å². The summed E-state index contributed by atoms with van der Waals surface area (Å²) in [7, 11) is 0. The number of aromatic nitrogens is 1. The normalized spacial score (nSPS) is 12.6. The average molecular weight is 215 g/mol. The summed E-state index contributed by atoms with van der Waals surface area (Å²) in [4.78, 5) is 4.27. The third kappa shape index (κ3) is 3.16. The zero-order valence-corrected chi connectivity index (χ0v) is 9.17. The number of pyridine rings is 1. The first kappa shape index (κ1) is 11.3. The molecule has 0 spiro atoms. The van der Waals surface area contributed by atoms with E-state index >= 15 is 0 Å². The number of nitrogens with one attached hydrogen (secondary N) is 1. The van der Waals surface area contributed by atoms with Crippen LogP contribution in [0.2, 0.25) is 5.02 Å². The summed E-state index contributed by atoms with van der Waals surface area (Å²) in [6.07, 6.45) is 0.686. The number of rotatable bonds is 4. The van der Waals surface area contributed by atoms with Crippen molar-refractivity contribution < 1.29 is 5.11 Å². The van der Waals surface area contributed by atoms with Gasteiger partial charge in [0.15, 0.2) is 0 Å². The molecule has 0 aromatic carbocycles. The van der Waals surface area contributed by atoms with Gasteiger partial charge in [0, 0.05) is 18.3 Å². The second kappa shape index (κ2) is 5.17. The van der Waals surface area contributed by atoms with E-state index in [1.807, 2.05) is 26.0 Å². The molecule has 0 saturated heterocycles. The SMILES string of the molecule is Cc1ccc(Cl)c(N[C@@H](C)CCO)n1. The molecule has 78 valence electrons. The summed E-state index contributed by atoms with van der Waals surface area (Å²) < 4.78 is 0. The van der Waals surface area contributed by atoms with Gasteiger partial charge in [-0.1, -0.05) is 11.6 Å². The summed E-state index contributed by atoms with van der Waals surface area (Å²) in [5, 5.41) is 12.5. The Morgan fingerprint density at radius 1 is 1.57 bits per heavy atom. The van der Waals surface area contributed by atoms with Gasteiger partial charge >= 0.3 is 0 Å². The van der Waals surface area contributed by atoms with Crippen LogP contribution in [-0.4, -0.2) is 22.7 Å². The van der Waals surface area contributed by atoms with Crippen molar-refractivity contribution in [3.05, 3.63) is 22.8 Å². The van der Waals surface area contributed by atoms with Crippen LogP contribution in [0.5, 0.6) is 0 Å². The molecule has 2 N–H and O–H groups in total. The highest BCUT2D eigenvalue weighted by molar-refractivity contribution is 6.32. The van der Waals surface area contributed by atoms with Crippen molar-refractivity contribution in [3.8, 4) is 0 Å². The van der Waals surface area contributed by atoms with Crippen molar-refractivity contribution in [2.45, 2.75) is 26.3 Å². The minimum Gasteiger partial charge on any atom is -0.396 e. The minimum absolute atomic E-state index is 0.164. The fourth-order valence-electron chi connectivity index (χ4n) is 1.14. The quantitative estimate of drug-likeness (QED) is 0.808. The van der Waals surface area contributed by atoms with Gasteiger partial charge in [0.05, 0.1) is 5.02 Å². The van der Waals surface area contributed by atoms with Crippen LogP contribution in [-0.2, 0) is 0 Å². The van der Waals surface area contributed by atoms with Crippen LogP contribution in [0.3, 0.4) is 0 Å². The molecule has 1 aromatic heterocycles. The third-order valence-corrected chi connectivity index (χ3v) is 2.24. The van der Waals surface area contributed by atoms with Gasteiger partial charge in [0.2, 0.25) is 0 Å². The molecule has 0 saturated carbocycles. The van der Waals surface area contributed by atoms with Crippen molar-refractivity contribution in [2.75, 3.05) is 11.9 Å². The molecule has 0 aliphatic carbocycles. The van der Waals surface area contributed by atoms with Gasteiger partial charge in [-0.05, 0) is 32.4 Å². The number of nitrogens with zero attached hydrogens (tertiary/aromatic N) is 1.